The van der Waals surface area contributed by atoms with Gasteiger partial charge in [-0.25, -0.2) is 0 Å². The quantitative estimate of drug-likeness (QED) is 0.939. The standard InChI is InChI=1S/C15H19Cl2N3/c1-9-14(10(2)20(3)19-9)8-13(18)7-11-6-12(16)4-5-15(11)17/h4-6,13H,7-8,18H2,1-3H3. The molecule has 0 amide bonds. The van der Waals surface area contributed by atoms with Crippen LogP contribution < -0.4 is 5.73 Å². The van der Waals surface area contributed by atoms with Gasteiger partial charge < -0.3 is 5.73 Å². The topological polar surface area (TPSA) is 43.8 Å². The molecule has 0 saturated carbocycles. The Hall–Kier alpha value is -1.03. The molecule has 1 unspecified atom stereocenters. The SMILES string of the molecule is Cc1nn(C)c(C)c1CC(N)Cc1cc(Cl)ccc1Cl. The molecule has 20 heavy (non-hydrogen) atoms. The van der Waals surface area contributed by atoms with Gasteiger partial charge in [0, 0.05) is 28.8 Å². The van der Waals surface area contributed by atoms with Crippen LogP contribution in [-0.2, 0) is 19.9 Å². The van der Waals surface area contributed by atoms with E-state index in [2.05, 4.69) is 12.0 Å². The summed E-state index contributed by atoms with van der Waals surface area (Å²) in [5, 5.41) is 5.81. The lowest BCUT2D eigenvalue weighted by Gasteiger charge is -2.13. The van der Waals surface area contributed by atoms with E-state index in [0.717, 1.165) is 23.4 Å². The molecule has 3 nitrogen and oxygen atoms in total. The predicted octanol–water partition coefficient (Wildman–Crippen LogP) is 3.46. The van der Waals surface area contributed by atoms with Gasteiger partial charge in [0.2, 0.25) is 0 Å². The molecule has 0 bridgehead atoms. The van der Waals surface area contributed by atoms with Crippen LogP contribution in [0.5, 0.6) is 0 Å². The Morgan fingerprint density at radius 3 is 2.55 bits per heavy atom. The molecule has 108 valence electrons. The first kappa shape index (κ1) is 15.4. The first-order valence-corrected chi connectivity index (χ1v) is 7.32. The fraction of sp³-hybridized carbons (Fsp3) is 0.400. The highest BCUT2D eigenvalue weighted by Crippen LogP contribution is 2.23. The molecule has 0 radical (unpaired) electrons. The Kier molecular flexibility index (Phi) is 4.74. The van der Waals surface area contributed by atoms with E-state index in [-0.39, 0.29) is 6.04 Å². The van der Waals surface area contributed by atoms with E-state index in [1.165, 1.54) is 5.56 Å². The maximum absolute atomic E-state index is 6.26. The van der Waals surface area contributed by atoms with E-state index >= 15 is 0 Å². The van der Waals surface area contributed by atoms with Crippen molar-refractivity contribution in [2.24, 2.45) is 12.8 Å². The van der Waals surface area contributed by atoms with Crippen LogP contribution in [0.15, 0.2) is 18.2 Å². The summed E-state index contributed by atoms with van der Waals surface area (Å²) < 4.78 is 1.89. The number of hydrogen-bond donors (Lipinski definition) is 1. The summed E-state index contributed by atoms with van der Waals surface area (Å²) in [6.45, 7) is 4.08. The Morgan fingerprint density at radius 1 is 1.25 bits per heavy atom. The molecule has 5 heteroatoms. The largest absolute Gasteiger partial charge is 0.327 e. The van der Waals surface area contributed by atoms with Crippen LogP contribution in [0, 0.1) is 13.8 Å². The van der Waals surface area contributed by atoms with Gasteiger partial charge in [-0.15, -0.1) is 0 Å². The lowest BCUT2D eigenvalue weighted by Crippen LogP contribution is -2.26. The van der Waals surface area contributed by atoms with Gasteiger partial charge in [-0.2, -0.15) is 5.10 Å². The van der Waals surface area contributed by atoms with Crippen LogP contribution >= 0.6 is 23.2 Å². The number of aromatic nitrogens is 2. The van der Waals surface area contributed by atoms with Crippen molar-refractivity contribution < 1.29 is 0 Å². The minimum atomic E-state index is -0.00688. The molecule has 2 N–H and O–H groups in total. The molecule has 1 heterocycles. The fourth-order valence-electron chi connectivity index (χ4n) is 2.43. The number of nitrogens with zero attached hydrogens (tertiary/aromatic N) is 2. The van der Waals surface area contributed by atoms with E-state index in [9.17, 15) is 0 Å². The Balaban J connectivity index is 2.13. The number of halogens is 2. The highest BCUT2D eigenvalue weighted by Gasteiger charge is 2.15. The summed E-state index contributed by atoms with van der Waals surface area (Å²) in [6.07, 6.45) is 1.49. The predicted molar refractivity (Wildman–Crippen MR) is 84.5 cm³/mol. The summed E-state index contributed by atoms with van der Waals surface area (Å²) in [6, 6.07) is 5.47. The summed E-state index contributed by atoms with van der Waals surface area (Å²) in [7, 11) is 1.95. The van der Waals surface area contributed by atoms with Gasteiger partial charge in [0.15, 0.2) is 0 Å². The van der Waals surface area contributed by atoms with Crippen LogP contribution in [0.25, 0.3) is 0 Å². The maximum atomic E-state index is 6.26. The van der Waals surface area contributed by atoms with Gasteiger partial charge >= 0.3 is 0 Å². The molecule has 0 aliphatic rings. The third-order valence-corrected chi connectivity index (χ3v) is 4.22. The van der Waals surface area contributed by atoms with Crippen molar-refractivity contribution in [3.63, 3.8) is 0 Å². The molecule has 2 aromatic rings. The fourth-order valence-corrected chi connectivity index (χ4v) is 2.82. The van der Waals surface area contributed by atoms with Gasteiger partial charge in [0.05, 0.1) is 5.69 Å². The minimum absolute atomic E-state index is 0.00688. The van der Waals surface area contributed by atoms with E-state index in [1.807, 2.05) is 30.8 Å². The first-order valence-electron chi connectivity index (χ1n) is 6.57. The smallest absolute Gasteiger partial charge is 0.0628 e. The van der Waals surface area contributed by atoms with Crippen molar-refractivity contribution in [1.82, 2.24) is 9.78 Å². The van der Waals surface area contributed by atoms with E-state index in [0.29, 0.717) is 16.5 Å². The highest BCUT2D eigenvalue weighted by atomic mass is 35.5. The van der Waals surface area contributed by atoms with Gasteiger partial charge in [0.1, 0.15) is 0 Å². The minimum Gasteiger partial charge on any atom is -0.327 e. The zero-order chi connectivity index (χ0) is 14.9. The van der Waals surface area contributed by atoms with Crippen molar-refractivity contribution in [1.29, 1.82) is 0 Å². The van der Waals surface area contributed by atoms with Gasteiger partial charge in [-0.05, 0) is 56.0 Å². The van der Waals surface area contributed by atoms with Gasteiger partial charge in [-0.1, -0.05) is 23.2 Å². The summed E-state index contributed by atoms with van der Waals surface area (Å²) in [4.78, 5) is 0. The van der Waals surface area contributed by atoms with Crippen LogP contribution in [0.1, 0.15) is 22.5 Å². The third kappa shape index (κ3) is 3.35. The molecule has 0 aliphatic heterocycles. The second-order valence-electron chi connectivity index (χ2n) is 5.18. The van der Waals surface area contributed by atoms with Crippen LogP contribution in [-0.4, -0.2) is 15.8 Å². The van der Waals surface area contributed by atoms with Crippen molar-refractivity contribution in [3.05, 3.63) is 50.8 Å². The molecule has 0 spiro atoms. The molecule has 2 rings (SSSR count). The zero-order valence-electron chi connectivity index (χ0n) is 12.0. The Bertz CT molecular complexity index is 620. The molecular weight excluding hydrogens is 293 g/mol. The van der Waals surface area contributed by atoms with Crippen molar-refractivity contribution in [3.8, 4) is 0 Å². The van der Waals surface area contributed by atoms with Crippen LogP contribution in [0.4, 0.5) is 0 Å². The van der Waals surface area contributed by atoms with Gasteiger partial charge in [-0.3, -0.25) is 4.68 Å². The van der Waals surface area contributed by atoms with Crippen molar-refractivity contribution >= 4 is 23.2 Å². The summed E-state index contributed by atoms with van der Waals surface area (Å²) in [5.74, 6) is 0. The second-order valence-corrected chi connectivity index (χ2v) is 6.02. The highest BCUT2D eigenvalue weighted by molar-refractivity contribution is 6.33. The Morgan fingerprint density at radius 2 is 1.95 bits per heavy atom. The van der Waals surface area contributed by atoms with Crippen molar-refractivity contribution in [2.45, 2.75) is 32.7 Å². The van der Waals surface area contributed by atoms with Crippen LogP contribution in [0.3, 0.4) is 0 Å². The average molecular weight is 312 g/mol. The molecule has 0 aliphatic carbocycles. The first-order chi connectivity index (χ1) is 9.38. The van der Waals surface area contributed by atoms with E-state index in [1.54, 1.807) is 6.07 Å². The van der Waals surface area contributed by atoms with E-state index < -0.39 is 0 Å². The second kappa shape index (κ2) is 6.17. The van der Waals surface area contributed by atoms with Crippen LogP contribution in [0.2, 0.25) is 10.0 Å². The molecular formula is C15H19Cl2N3. The van der Waals surface area contributed by atoms with Crippen molar-refractivity contribution in [2.75, 3.05) is 0 Å². The number of hydrogen-bond acceptors (Lipinski definition) is 2. The molecule has 1 atom stereocenters. The normalized spacial score (nSPS) is 12.7. The number of benzene rings is 1. The number of aryl methyl sites for hydroxylation is 2. The maximum Gasteiger partial charge on any atom is 0.0628 e. The monoisotopic (exact) mass is 311 g/mol. The molecule has 1 aromatic carbocycles. The lowest BCUT2D eigenvalue weighted by molar-refractivity contribution is 0.658. The van der Waals surface area contributed by atoms with E-state index in [4.69, 9.17) is 28.9 Å². The number of nitrogens with two attached hydrogens (primary N) is 1. The van der Waals surface area contributed by atoms with Gasteiger partial charge in [0.25, 0.3) is 0 Å². The Labute approximate surface area is 129 Å². The zero-order valence-corrected chi connectivity index (χ0v) is 13.5. The lowest BCUT2D eigenvalue weighted by atomic mass is 9.98. The average Bonchev–Trinajstić information content (AvgIpc) is 2.61. The molecule has 0 saturated heterocycles. The molecule has 1 aromatic heterocycles. The third-order valence-electron chi connectivity index (χ3n) is 3.62. The number of rotatable bonds is 4. The summed E-state index contributed by atoms with van der Waals surface area (Å²) >= 11 is 12.2. The summed E-state index contributed by atoms with van der Waals surface area (Å²) in [5.41, 5.74) is 10.7. The molecule has 0 fully saturated rings.